The van der Waals surface area contributed by atoms with Crippen molar-refractivity contribution in [1.29, 1.82) is 0 Å². The molecule has 15 heavy (non-hydrogen) atoms. The van der Waals surface area contributed by atoms with E-state index in [-0.39, 0.29) is 0 Å². The normalized spacial score (nSPS) is 23.9. The van der Waals surface area contributed by atoms with Crippen LogP contribution in [0.2, 0.25) is 0 Å². The summed E-state index contributed by atoms with van der Waals surface area (Å²) >= 11 is 0. The lowest BCUT2D eigenvalue weighted by atomic mass is 10.1. The highest BCUT2D eigenvalue weighted by molar-refractivity contribution is 5.10. The zero-order valence-electron chi connectivity index (χ0n) is 9.24. The van der Waals surface area contributed by atoms with Gasteiger partial charge in [0.2, 0.25) is 0 Å². The molecular weight excluding hydrogens is 190 g/mol. The van der Waals surface area contributed by atoms with Crippen LogP contribution in [0.25, 0.3) is 0 Å². The van der Waals surface area contributed by atoms with E-state index in [1.807, 2.05) is 6.07 Å². The van der Waals surface area contributed by atoms with Crippen LogP contribution in [0.1, 0.15) is 37.8 Å². The van der Waals surface area contributed by atoms with Gasteiger partial charge >= 0.3 is 0 Å². The van der Waals surface area contributed by atoms with Crippen molar-refractivity contribution in [3.63, 3.8) is 0 Å². The highest BCUT2D eigenvalue weighted by atomic mass is 16.5. The minimum Gasteiger partial charge on any atom is -0.472 e. The van der Waals surface area contributed by atoms with Gasteiger partial charge in [0.25, 0.3) is 0 Å². The zero-order chi connectivity index (χ0) is 10.5. The van der Waals surface area contributed by atoms with Gasteiger partial charge < -0.3 is 14.5 Å². The Labute approximate surface area is 90.8 Å². The highest BCUT2D eigenvalue weighted by Gasteiger charge is 2.15. The molecule has 1 aliphatic rings. The molecule has 0 bridgehead atoms. The van der Waals surface area contributed by atoms with Crippen molar-refractivity contribution >= 4 is 0 Å². The number of hydrogen-bond acceptors (Lipinski definition) is 3. The minimum atomic E-state index is 0.342. The van der Waals surface area contributed by atoms with Gasteiger partial charge in [-0.05, 0) is 32.3 Å². The lowest BCUT2D eigenvalue weighted by Gasteiger charge is -2.24. The third-order valence-corrected chi connectivity index (χ3v) is 2.97. The number of furan rings is 1. The quantitative estimate of drug-likeness (QED) is 0.827. The summed E-state index contributed by atoms with van der Waals surface area (Å²) in [5.41, 5.74) is 1.20. The molecule has 0 aromatic carbocycles. The van der Waals surface area contributed by atoms with Crippen molar-refractivity contribution in [2.75, 3.05) is 13.2 Å². The predicted molar refractivity (Wildman–Crippen MR) is 58.7 cm³/mol. The van der Waals surface area contributed by atoms with Crippen molar-refractivity contribution in [1.82, 2.24) is 5.32 Å². The first kappa shape index (κ1) is 10.7. The first-order chi connectivity index (χ1) is 7.36. The van der Waals surface area contributed by atoms with Gasteiger partial charge in [-0.2, -0.15) is 0 Å². The van der Waals surface area contributed by atoms with Gasteiger partial charge in [0.05, 0.1) is 18.6 Å². The second-order valence-electron chi connectivity index (χ2n) is 4.18. The maximum Gasteiger partial charge on any atom is 0.0950 e. The Balaban J connectivity index is 1.73. The molecule has 2 heterocycles. The summed E-state index contributed by atoms with van der Waals surface area (Å²) in [5, 5.41) is 3.47. The van der Waals surface area contributed by atoms with E-state index in [1.54, 1.807) is 12.5 Å². The van der Waals surface area contributed by atoms with Gasteiger partial charge in [-0.1, -0.05) is 0 Å². The molecule has 1 N–H and O–H groups in total. The molecule has 0 radical (unpaired) electrons. The van der Waals surface area contributed by atoms with Crippen LogP contribution in [0.4, 0.5) is 0 Å². The predicted octanol–water partition coefficient (Wildman–Crippen LogP) is 2.50. The van der Waals surface area contributed by atoms with Gasteiger partial charge in [0, 0.05) is 24.8 Å². The molecule has 3 heteroatoms. The molecule has 3 nitrogen and oxygen atoms in total. The van der Waals surface area contributed by atoms with E-state index >= 15 is 0 Å². The largest absolute Gasteiger partial charge is 0.472 e. The van der Waals surface area contributed by atoms with Crippen LogP contribution in [0, 0.1) is 0 Å². The molecule has 2 rings (SSSR count). The van der Waals surface area contributed by atoms with Crippen LogP contribution < -0.4 is 5.32 Å². The van der Waals surface area contributed by atoms with E-state index in [0.29, 0.717) is 12.1 Å². The van der Waals surface area contributed by atoms with E-state index in [2.05, 4.69) is 12.2 Å². The number of ether oxygens (including phenoxy) is 1. The number of nitrogens with one attached hydrogen (secondary N) is 1. The third-order valence-electron chi connectivity index (χ3n) is 2.97. The van der Waals surface area contributed by atoms with Gasteiger partial charge in [-0.15, -0.1) is 0 Å². The molecule has 1 aromatic rings. The molecule has 1 aliphatic heterocycles. The van der Waals surface area contributed by atoms with Crippen LogP contribution in [-0.4, -0.2) is 19.3 Å². The summed E-state index contributed by atoms with van der Waals surface area (Å²) in [6.45, 7) is 4.01. The Morgan fingerprint density at radius 2 is 2.47 bits per heavy atom. The van der Waals surface area contributed by atoms with Crippen molar-refractivity contribution in [2.45, 2.75) is 38.3 Å². The summed E-state index contributed by atoms with van der Waals surface area (Å²) < 4.78 is 10.7. The molecule has 2 atom stereocenters. The van der Waals surface area contributed by atoms with E-state index < -0.39 is 0 Å². The molecule has 0 saturated carbocycles. The second kappa shape index (κ2) is 5.33. The molecule has 1 saturated heterocycles. The monoisotopic (exact) mass is 209 g/mol. The number of hydrogen-bond donors (Lipinski definition) is 1. The van der Waals surface area contributed by atoms with Crippen LogP contribution >= 0.6 is 0 Å². The average Bonchev–Trinajstić information content (AvgIpc) is 2.81. The molecule has 1 aromatic heterocycles. The van der Waals surface area contributed by atoms with E-state index in [1.165, 1.54) is 24.8 Å². The van der Waals surface area contributed by atoms with Gasteiger partial charge in [0.15, 0.2) is 0 Å². The molecule has 0 aliphatic carbocycles. The van der Waals surface area contributed by atoms with Crippen LogP contribution in [0.3, 0.4) is 0 Å². The lowest BCUT2D eigenvalue weighted by Crippen LogP contribution is -2.33. The zero-order valence-corrected chi connectivity index (χ0v) is 9.24. The molecule has 0 spiro atoms. The summed E-state index contributed by atoms with van der Waals surface area (Å²) in [6, 6.07) is 2.34. The minimum absolute atomic E-state index is 0.342. The molecular formula is C12H19NO2. The van der Waals surface area contributed by atoms with Crippen LogP contribution in [-0.2, 0) is 4.74 Å². The van der Waals surface area contributed by atoms with Crippen LogP contribution in [0.15, 0.2) is 23.0 Å². The van der Waals surface area contributed by atoms with Gasteiger partial charge in [-0.3, -0.25) is 0 Å². The Kier molecular flexibility index (Phi) is 3.80. The molecule has 1 fully saturated rings. The molecule has 0 amide bonds. The Morgan fingerprint density at radius 1 is 1.53 bits per heavy atom. The van der Waals surface area contributed by atoms with E-state index in [4.69, 9.17) is 9.15 Å². The SMILES string of the molecule is CC(NCC1CCCCO1)c1ccoc1. The van der Waals surface area contributed by atoms with E-state index in [0.717, 1.165) is 13.2 Å². The lowest BCUT2D eigenvalue weighted by molar-refractivity contribution is 0.0156. The number of rotatable bonds is 4. The molecule has 84 valence electrons. The standard InChI is InChI=1S/C12H19NO2/c1-10(11-5-7-14-9-11)13-8-12-4-2-3-6-15-12/h5,7,9-10,12-13H,2-4,6,8H2,1H3. The topological polar surface area (TPSA) is 34.4 Å². The summed E-state index contributed by atoms with van der Waals surface area (Å²) in [6.07, 6.45) is 7.60. The van der Waals surface area contributed by atoms with E-state index in [9.17, 15) is 0 Å². The Morgan fingerprint density at radius 3 is 3.13 bits per heavy atom. The fourth-order valence-corrected chi connectivity index (χ4v) is 1.92. The first-order valence-corrected chi connectivity index (χ1v) is 5.73. The summed E-state index contributed by atoms with van der Waals surface area (Å²) in [4.78, 5) is 0. The van der Waals surface area contributed by atoms with Crippen molar-refractivity contribution in [2.24, 2.45) is 0 Å². The maximum absolute atomic E-state index is 5.66. The fraction of sp³-hybridized carbons (Fsp3) is 0.667. The summed E-state index contributed by atoms with van der Waals surface area (Å²) in [5.74, 6) is 0. The molecule has 2 unspecified atom stereocenters. The second-order valence-corrected chi connectivity index (χ2v) is 4.18. The Hall–Kier alpha value is -0.800. The fourth-order valence-electron chi connectivity index (χ4n) is 1.92. The van der Waals surface area contributed by atoms with Crippen molar-refractivity contribution in [3.8, 4) is 0 Å². The van der Waals surface area contributed by atoms with Crippen LogP contribution in [0.5, 0.6) is 0 Å². The maximum atomic E-state index is 5.66. The summed E-state index contributed by atoms with van der Waals surface area (Å²) in [7, 11) is 0. The van der Waals surface area contributed by atoms with Crippen molar-refractivity contribution in [3.05, 3.63) is 24.2 Å². The van der Waals surface area contributed by atoms with Crippen molar-refractivity contribution < 1.29 is 9.15 Å². The first-order valence-electron chi connectivity index (χ1n) is 5.73. The highest BCUT2D eigenvalue weighted by Crippen LogP contribution is 2.15. The Bertz CT molecular complexity index is 265. The third kappa shape index (κ3) is 3.08. The van der Waals surface area contributed by atoms with Gasteiger partial charge in [0.1, 0.15) is 0 Å². The average molecular weight is 209 g/mol. The smallest absolute Gasteiger partial charge is 0.0950 e. The van der Waals surface area contributed by atoms with Gasteiger partial charge in [-0.25, -0.2) is 0 Å².